The van der Waals surface area contributed by atoms with Crippen molar-refractivity contribution in [2.45, 2.75) is 39.0 Å². The Hall–Kier alpha value is -0.420. The molecule has 3 unspecified atom stereocenters. The largest absolute Gasteiger partial charge is 0.382 e. The van der Waals surface area contributed by atoms with Crippen LogP contribution in [0.1, 0.15) is 30.4 Å². The molecule has 0 aliphatic heterocycles. The summed E-state index contributed by atoms with van der Waals surface area (Å²) in [6.07, 6.45) is 0.0210. The van der Waals surface area contributed by atoms with Gasteiger partial charge in [-0.3, -0.25) is 0 Å². The maximum absolute atomic E-state index is 5.98. The maximum atomic E-state index is 5.98. The first-order valence-electron chi connectivity index (χ1n) is 5.50. The van der Waals surface area contributed by atoms with Gasteiger partial charge in [-0.2, -0.15) is 0 Å². The molecule has 0 saturated heterocycles. The summed E-state index contributed by atoms with van der Waals surface area (Å²) in [4.78, 5) is 1.22. The molecule has 1 rings (SSSR count). The van der Waals surface area contributed by atoms with Crippen molar-refractivity contribution < 1.29 is 9.47 Å². The van der Waals surface area contributed by atoms with Gasteiger partial charge in [0.2, 0.25) is 0 Å². The van der Waals surface area contributed by atoms with Crippen LogP contribution in [0.4, 0.5) is 0 Å². The summed E-state index contributed by atoms with van der Waals surface area (Å²) in [5, 5.41) is 2.07. The van der Waals surface area contributed by atoms with E-state index >= 15 is 0 Å². The fourth-order valence-electron chi connectivity index (χ4n) is 1.62. The number of hydrogen-bond acceptors (Lipinski definition) is 4. The van der Waals surface area contributed by atoms with Crippen LogP contribution >= 0.6 is 11.3 Å². The van der Waals surface area contributed by atoms with Crippen LogP contribution in [0.2, 0.25) is 0 Å². The fourth-order valence-corrected chi connectivity index (χ4v) is 2.70. The van der Waals surface area contributed by atoms with Crippen LogP contribution in [0.3, 0.4) is 0 Å². The van der Waals surface area contributed by atoms with Gasteiger partial charge in [-0.25, -0.2) is 0 Å². The van der Waals surface area contributed by atoms with E-state index in [1.807, 2.05) is 13.8 Å². The van der Waals surface area contributed by atoms with E-state index in [1.54, 1.807) is 18.4 Å². The molecule has 1 aromatic rings. The lowest BCUT2D eigenvalue weighted by Crippen LogP contribution is -2.30. The van der Waals surface area contributed by atoms with E-state index in [9.17, 15) is 0 Å². The number of hydrogen-bond donors (Lipinski definition) is 1. The summed E-state index contributed by atoms with van der Waals surface area (Å²) in [6, 6.07) is 2.08. The molecule has 3 nitrogen and oxygen atoms in total. The Morgan fingerprint density at radius 3 is 2.56 bits per heavy atom. The van der Waals surface area contributed by atoms with E-state index in [2.05, 4.69) is 18.4 Å². The first-order chi connectivity index (χ1) is 7.56. The molecule has 0 aliphatic rings. The summed E-state index contributed by atoms with van der Waals surface area (Å²) in [5.74, 6) is 0. The zero-order valence-electron chi connectivity index (χ0n) is 10.4. The average Bonchev–Trinajstić information content (AvgIpc) is 2.61. The minimum atomic E-state index is -0.0369. The Morgan fingerprint density at radius 2 is 2.12 bits per heavy atom. The maximum Gasteiger partial charge on any atom is 0.107 e. The predicted molar refractivity (Wildman–Crippen MR) is 67.9 cm³/mol. The zero-order chi connectivity index (χ0) is 12.1. The van der Waals surface area contributed by atoms with Crippen LogP contribution in [-0.4, -0.2) is 25.9 Å². The number of nitrogens with two attached hydrogens (primary N) is 1. The first kappa shape index (κ1) is 13.6. The van der Waals surface area contributed by atoms with Crippen LogP contribution in [0.25, 0.3) is 0 Å². The van der Waals surface area contributed by atoms with Gasteiger partial charge in [-0.1, -0.05) is 0 Å². The van der Waals surface area contributed by atoms with Gasteiger partial charge in [-0.05, 0) is 37.8 Å². The van der Waals surface area contributed by atoms with E-state index in [-0.39, 0.29) is 18.2 Å². The molecule has 0 amide bonds. The Labute approximate surface area is 102 Å². The molecule has 0 bridgehead atoms. The van der Waals surface area contributed by atoms with Crippen molar-refractivity contribution in [3.8, 4) is 0 Å². The van der Waals surface area contributed by atoms with E-state index in [0.717, 1.165) is 0 Å². The van der Waals surface area contributed by atoms with Crippen LogP contribution in [0, 0.1) is 6.92 Å². The summed E-state index contributed by atoms with van der Waals surface area (Å²) in [7, 11) is 1.68. The molecule has 1 aromatic heterocycles. The summed E-state index contributed by atoms with van der Waals surface area (Å²) in [6.45, 7) is 6.66. The van der Waals surface area contributed by atoms with Crippen molar-refractivity contribution in [1.29, 1.82) is 0 Å². The fraction of sp³-hybridized carbons (Fsp3) is 0.667. The lowest BCUT2D eigenvalue weighted by Gasteiger charge is -2.25. The van der Waals surface area contributed by atoms with Crippen molar-refractivity contribution >= 4 is 11.3 Å². The standard InChI is InChI=1S/C12H21NO2S/c1-8-5-6-16-12(8)11(10(3)13)15-9(2)7-14-4/h5-6,9-11H,7,13H2,1-4H3. The summed E-state index contributed by atoms with van der Waals surface area (Å²) >= 11 is 1.70. The van der Waals surface area contributed by atoms with E-state index < -0.39 is 0 Å². The SMILES string of the molecule is COCC(C)OC(c1sccc1C)C(C)N. The highest BCUT2D eigenvalue weighted by molar-refractivity contribution is 7.10. The van der Waals surface area contributed by atoms with Crippen molar-refractivity contribution in [2.24, 2.45) is 5.73 Å². The van der Waals surface area contributed by atoms with Crippen molar-refractivity contribution in [1.82, 2.24) is 0 Å². The Balaban J connectivity index is 2.73. The average molecular weight is 243 g/mol. The number of aryl methyl sites for hydroxylation is 1. The molecule has 0 aromatic carbocycles. The molecule has 3 atom stereocenters. The monoisotopic (exact) mass is 243 g/mol. The van der Waals surface area contributed by atoms with Gasteiger partial charge in [-0.15, -0.1) is 11.3 Å². The van der Waals surface area contributed by atoms with Crippen LogP contribution < -0.4 is 5.73 Å². The second-order valence-electron chi connectivity index (χ2n) is 4.15. The third kappa shape index (κ3) is 3.56. The van der Waals surface area contributed by atoms with Gasteiger partial charge in [0.15, 0.2) is 0 Å². The smallest absolute Gasteiger partial charge is 0.107 e. The highest BCUT2D eigenvalue weighted by atomic mass is 32.1. The highest BCUT2D eigenvalue weighted by Gasteiger charge is 2.22. The Kier molecular flexibility index (Phi) is 5.41. The Morgan fingerprint density at radius 1 is 1.44 bits per heavy atom. The normalized spacial score (nSPS) is 17.1. The molecule has 2 N–H and O–H groups in total. The second-order valence-corrected chi connectivity index (χ2v) is 5.10. The topological polar surface area (TPSA) is 44.5 Å². The van der Waals surface area contributed by atoms with E-state index in [1.165, 1.54) is 10.4 Å². The molecule has 4 heteroatoms. The van der Waals surface area contributed by atoms with Gasteiger partial charge in [0, 0.05) is 18.0 Å². The van der Waals surface area contributed by atoms with Gasteiger partial charge < -0.3 is 15.2 Å². The predicted octanol–water partition coefficient (Wildman–Crippen LogP) is 2.50. The number of rotatable bonds is 6. The van der Waals surface area contributed by atoms with Gasteiger partial charge in [0.1, 0.15) is 6.10 Å². The van der Waals surface area contributed by atoms with Gasteiger partial charge in [0.05, 0.1) is 12.7 Å². The summed E-state index contributed by atoms with van der Waals surface area (Å²) in [5.41, 5.74) is 7.23. The highest BCUT2D eigenvalue weighted by Crippen LogP contribution is 2.29. The summed E-state index contributed by atoms with van der Waals surface area (Å²) < 4.78 is 11.0. The minimum Gasteiger partial charge on any atom is -0.382 e. The first-order valence-corrected chi connectivity index (χ1v) is 6.38. The minimum absolute atomic E-state index is 0.0170. The zero-order valence-corrected chi connectivity index (χ0v) is 11.2. The molecule has 0 fully saturated rings. The van der Waals surface area contributed by atoms with Crippen molar-refractivity contribution in [2.75, 3.05) is 13.7 Å². The Bertz CT molecular complexity index is 312. The molecule has 16 heavy (non-hydrogen) atoms. The number of ether oxygens (including phenoxy) is 2. The molecule has 0 saturated carbocycles. The lowest BCUT2D eigenvalue weighted by molar-refractivity contribution is -0.0468. The molecule has 0 spiro atoms. The molecule has 0 aliphatic carbocycles. The third-order valence-corrected chi connectivity index (χ3v) is 3.50. The molecule has 1 heterocycles. The van der Waals surface area contributed by atoms with Crippen LogP contribution in [0.15, 0.2) is 11.4 Å². The lowest BCUT2D eigenvalue weighted by atomic mass is 10.1. The number of thiophene rings is 1. The second kappa shape index (κ2) is 6.35. The van der Waals surface area contributed by atoms with Crippen molar-refractivity contribution in [3.63, 3.8) is 0 Å². The number of methoxy groups -OCH3 is 1. The van der Waals surface area contributed by atoms with Crippen LogP contribution in [0.5, 0.6) is 0 Å². The molecule has 92 valence electrons. The van der Waals surface area contributed by atoms with Gasteiger partial charge in [0.25, 0.3) is 0 Å². The van der Waals surface area contributed by atoms with Crippen molar-refractivity contribution in [3.05, 3.63) is 21.9 Å². The van der Waals surface area contributed by atoms with E-state index in [0.29, 0.717) is 6.61 Å². The third-order valence-electron chi connectivity index (χ3n) is 2.42. The quantitative estimate of drug-likeness (QED) is 0.835. The van der Waals surface area contributed by atoms with Gasteiger partial charge >= 0.3 is 0 Å². The molecular weight excluding hydrogens is 222 g/mol. The van der Waals surface area contributed by atoms with E-state index in [4.69, 9.17) is 15.2 Å². The van der Waals surface area contributed by atoms with Crippen LogP contribution in [-0.2, 0) is 9.47 Å². The molecular formula is C12H21NO2S. The molecule has 0 radical (unpaired) electrons.